The Morgan fingerprint density at radius 3 is 2.95 bits per heavy atom. The highest BCUT2D eigenvalue weighted by Crippen LogP contribution is 2.28. The average Bonchev–Trinajstić information content (AvgIpc) is 2.41. The number of benzene rings is 1. The summed E-state index contributed by atoms with van der Waals surface area (Å²) in [7, 11) is 0. The maximum Gasteiger partial charge on any atom is 0.271 e. The van der Waals surface area contributed by atoms with Gasteiger partial charge in [0.15, 0.2) is 0 Å². The lowest BCUT2D eigenvalue weighted by atomic mass is 9.92. The second-order valence-corrected chi connectivity index (χ2v) is 5.37. The van der Waals surface area contributed by atoms with Crippen molar-refractivity contribution < 1.29 is 4.92 Å². The lowest BCUT2D eigenvalue weighted by Gasteiger charge is -2.29. The van der Waals surface area contributed by atoms with Crippen molar-refractivity contribution in [2.24, 2.45) is 5.92 Å². The number of nitro benzene ring substituents is 1. The summed E-state index contributed by atoms with van der Waals surface area (Å²) in [5.74, 6) is 0.556. The molecule has 2 N–H and O–H groups in total. The van der Waals surface area contributed by atoms with Crippen LogP contribution in [0.2, 0.25) is 5.02 Å². The first-order valence-electron chi connectivity index (χ1n) is 6.49. The summed E-state index contributed by atoms with van der Waals surface area (Å²) in [4.78, 5) is 10.2. The molecule has 1 aliphatic rings. The molecule has 0 radical (unpaired) electrons. The molecule has 0 aromatic heterocycles. The molecule has 1 heterocycles. The molecule has 0 aliphatic carbocycles. The van der Waals surface area contributed by atoms with Gasteiger partial charge in [0.2, 0.25) is 0 Å². The Labute approximate surface area is 117 Å². The van der Waals surface area contributed by atoms with Gasteiger partial charge >= 0.3 is 0 Å². The molecule has 0 amide bonds. The van der Waals surface area contributed by atoms with E-state index in [1.807, 2.05) is 0 Å². The van der Waals surface area contributed by atoms with Gasteiger partial charge in [0.1, 0.15) is 0 Å². The largest absolute Gasteiger partial charge is 0.381 e. The van der Waals surface area contributed by atoms with Gasteiger partial charge in [0, 0.05) is 18.2 Å². The molecule has 2 unspecified atom stereocenters. The van der Waals surface area contributed by atoms with Crippen LogP contribution in [0, 0.1) is 16.0 Å². The van der Waals surface area contributed by atoms with Crippen molar-refractivity contribution >= 4 is 23.0 Å². The Bertz CT molecular complexity index is 461. The molecule has 1 aliphatic heterocycles. The van der Waals surface area contributed by atoms with Crippen LogP contribution < -0.4 is 10.6 Å². The van der Waals surface area contributed by atoms with Gasteiger partial charge in [-0.1, -0.05) is 11.6 Å². The van der Waals surface area contributed by atoms with Gasteiger partial charge in [-0.15, -0.1) is 0 Å². The first-order chi connectivity index (χ1) is 9.08. The van der Waals surface area contributed by atoms with Crippen molar-refractivity contribution in [2.75, 3.05) is 18.4 Å². The van der Waals surface area contributed by atoms with E-state index < -0.39 is 4.92 Å². The minimum absolute atomic E-state index is 0.0162. The Morgan fingerprint density at radius 1 is 1.58 bits per heavy atom. The molecule has 1 fully saturated rings. The van der Waals surface area contributed by atoms with Gasteiger partial charge in [0.25, 0.3) is 5.69 Å². The van der Waals surface area contributed by atoms with E-state index in [4.69, 9.17) is 11.6 Å². The smallest absolute Gasteiger partial charge is 0.271 e. The molecule has 0 spiro atoms. The molecule has 5 nitrogen and oxygen atoms in total. The number of nitrogens with zero attached hydrogens (tertiary/aromatic N) is 1. The molecule has 1 aromatic carbocycles. The van der Waals surface area contributed by atoms with Crippen LogP contribution in [0.1, 0.15) is 19.8 Å². The molecule has 0 saturated carbocycles. The van der Waals surface area contributed by atoms with E-state index in [0.29, 0.717) is 10.9 Å². The Kier molecular flexibility index (Phi) is 4.61. The maximum absolute atomic E-state index is 10.7. The van der Waals surface area contributed by atoms with E-state index in [1.165, 1.54) is 25.0 Å². The first kappa shape index (κ1) is 14.1. The van der Waals surface area contributed by atoms with Gasteiger partial charge in [0.05, 0.1) is 15.6 Å². The third kappa shape index (κ3) is 3.58. The number of rotatable bonds is 4. The number of nitro groups is 1. The number of hydrogen-bond acceptors (Lipinski definition) is 4. The summed E-state index contributed by atoms with van der Waals surface area (Å²) in [6.45, 7) is 4.20. The number of piperidine rings is 1. The van der Waals surface area contributed by atoms with Crippen LogP contribution in [-0.2, 0) is 0 Å². The van der Waals surface area contributed by atoms with Gasteiger partial charge in [-0.2, -0.15) is 0 Å². The second-order valence-electron chi connectivity index (χ2n) is 4.96. The van der Waals surface area contributed by atoms with E-state index in [2.05, 4.69) is 17.6 Å². The third-order valence-electron chi connectivity index (χ3n) is 3.59. The van der Waals surface area contributed by atoms with Crippen molar-refractivity contribution in [1.29, 1.82) is 0 Å². The highest BCUT2D eigenvalue weighted by atomic mass is 35.5. The van der Waals surface area contributed by atoms with Crippen LogP contribution in [0.15, 0.2) is 18.2 Å². The number of anilines is 1. The summed E-state index contributed by atoms with van der Waals surface area (Å²) in [5.41, 5.74) is 0.771. The molecule has 1 saturated heterocycles. The van der Waals surface area contributed by atoms with Crippen LogP contribution >= 0.6 is 11.6 Å². The zero-order valence-corrected chi connectivity index (χ0v) is 11.6. The van der Waals surface area contributed by atoms with Gasteiger partial charge in [-0.3, -0.25) is 10.1 Å². The van der Waals surface area contributed by atoms with Crippen molar-refractivity contribution in [3.8, 4) is 0 Å². The molecule has 6 heteroatoms. The lowest BCUT2D eigenvalue weighted by molar-refractivity contribution is -0.384. The van der Waals surface area contributed by atoms with Gasteiger partial charge in [-0.25, -0.2) is 0 Å². The number of nitrogens with one attached hydrogen (secondary N) is 2. The molecule has 0 bridgehead atoms. The summed E-state index contributed by atoms with van der Waals surface area (Å²) in [5, 5.41) is 17.8. The lowest BCUT2D eigenvalue weighted by Crippen LogP contribution is -2.38. The summed E-state index contributed by atoms with van der Waals surface area (Å²) in [6, 6.07) is 4.81. The highest BCUT2D eigenvalue weighted by molar-refractivity contribution is 6.33. The maximum atomic E-state index is 10.7. The second kappa shape index (κ2) is 6.21. The van der Waals surface area contributed by atoms with Crippen molar-refractivity contribution in [3.05, 3.63) is 33.3 Å². The molecular formula is C13H18ClN3O2. The number of hydrogen-bond donors (Lipinski definition) is 2. The number of non-ortho nitro benzene ring substituents is 1. The van der Waals surface area contributed by atoms with Crippen molar-refractivity contribution in [3.63, 3.8) is 0 Å². The van der Waals surface area contributed by atoms with Crippen LogP contribution in [0.4, 0.5) is 11.4 Å². The van der Waals surface area contributed by atoms with Crippen molar-refractivity contribution in [1.82, 2.24) is 5.32 Å². The fraction of sp³-hybridized carbons (Fsp3) is 0.538. The molecule has 104 valence electrons. The predicted molar refractivity (Wildman–Crippen MR) is 76.8 cm³/mol. The topological polar surface area (TPSA) is 67.2 Å². The van der Waals surface area contributed by atoms with Gasteiger partial charge in [-0.05, 0) is 44.8 Å². The predicted octanol–water partition coefficient (Wildman–Crippen LogP) is 3.05. The average molecular weight is 284 g/mol. The Balaban J connectivity index is 2.03. The minimum Gasteiger partial charge on any atom is -0.381 e. The van der Waals surface area contributed by atoms with Crippen molar-refractivity contribution in [2.45, 2.75) is 25.8 Å². The van der Waals surface area contributed by atoms with E-state index in [-0.39, 0.29) is 11.7 Å². The SMILES string of the molecule is CC(Nc1ccc([N+](=O)[O-])cc1Cl)C1CCCNC1. The first-order valence-corrected chi connectivity index (χ1v) is 6.87. The third-order valence-corrected chi connectivity index (χ3v) is 3.90. The summed E-state index contributed by atoms with van der Waals surface area (Å²) in [6.07, 6.45) is 2.37. The minimum atomic E-state index is -0.440. The van der Waals surface area contributed by atoms with Crippen LogP contribution in [0.25, 0.3) is 0 Å². The van der Waals surface area contributed by atoms with E-state index in [1.54, 1.807) is 6.07 Å². The van der Waals surface area contributed by atoms with E-state index in [9.17, 15) is 10.1 Å². The zero-order valence-electron chi connectivity index (χ0n) is 10.9. The monoisotopic (exact) mass is 283 g/mol. The van der Waals surface area contributed by atoms with E-state index >= 15 is 0 Å². The molecule has 2 atom stereocenters. The fourth-order valence-electron chi connectivity index (χ4n) is 2.40. The van der Waals surface area contributed by atoms with Crippen LogP contribution in [-0.4, -0.2) is 24.1 Å². The normalized spacial score (nSPS) is 20.8. The Hall–Kier alpha value is -1.33. The fourth-order valence-corrected chi connectivity index (χ4v) is 2.63. The summed E-state index contributed by atoms with van der Waals surface area (Å²) >= 11 is 6.07. The van der Waals surface area contributed by atoms with E-state index in [0.717, 1.165) is 18.8 Å². The van der Waals surface area contributed by atoms with Crippen LogP contribution in [0.5, 0.6) is 0 Å². The molecular weight excluding hydrogens is 266 g/mol. The van der Waals surface area contributed by atoms with Gasteiger partial charge < -0.3 is 10.6 Å². The standard InChI is InChI=1S/C13H18ClN3O2/c1-9(10-3-2-6-15-8-10)16-13-5-4-11(17(18)19)7-12(13)14/h4-5,7,9-10,15-16H,2-3,6,8H2,1H3. The zero-order chi connectivity index (χ0) is 13.8. The highest BCUT2D eigenvalue weighted by Gasteiger charge is 2.20. The Morgan fingerprint density at radius 2 is 2.37 bits per heavy atom. The summed E-state index contributed by atoms with van der Waals surface area (Å²) < 4.78 is 0. The number of halogens is 1. The molecule has 1 aromatic rings. The quantitative estimate of drug-likeness (QED) is 0.658. The van der Waals surface area contributed by atoms with Crippen LogP contribution in [0.3, 0.4) is 0 Å². The molecule has 19 heavy (non-hydrogen) atoms. The molecule has 2 rings (SSSR count).